The van der Waals surface area contributed by atoms with E-state index in [1.54, 1.807) is 6.92 Å². The maximum Gasteiger partial charge on any atom is 0.431 e. The number of amides is 1. The number of hydrogen-bond donors (Lipinski definition) is 1. The molecule has 48 valence electrons. The monoisotopic (exact) mass is 119 g/mol. The van der Waals surface area contributed by atoms with Gasteiger partial charge in [-0.1, -0.05) is 0 Å². The molecule has 1 amide bonds. The van der Waals surface area contributed by atoms with Crippen LogP contribution >= 0.6 is 0 Å². The van der Waals surface area contributed by atoms with Crippen LogP contribution in [0.1, 0.15) is 6.92 Å². The van der Waals surface area contributed by atoms with Gasteiger partial charge in [0.1, 0.15) is 0 Å². The van der Waals surface area contributed by atoms with E-state index >= 15 is 0 Å². The summed E-state index contributed by atoms with van der Waals surface area (Å²) in [6, 6.07) is 0. The molecule has 0 fully saturated rings. The first-order valence-electron chi connectivity index (χ1n) is 2.28. The fourth-order valence-corrected chi connectivity index (χ4v) is 0.249. The van der Waals surface area contributed by atoms with E-state index in [2.05, 4.69) is 4.84 Å². The van der Waals surface area contributed by atoms with Gasteiger partial charge in [-0.2, -0.15) is 5.06 Å². The van der Waals surface area contributed by atoms with Crippen molar-refractivity contribution in [1.82, 2.24) is 5.06 Å². The molecule has 0 aliphatic heterocycles. The summed E-state index contributed by atoms with van der Waals surface area (Å²) < 4.78 is 0. The topological polar surface area (TPSA) is 49.8 Å². The summed E-state index contributed by atoms with van der Waals surface area (Å²) in [5, 5.41) is 8.88. The van der Waals surface area contributed by atoms with E-state index < -0.39 is 6.09 Å². The number of rotatable bonds is 2. The minimum Gasteiger partial charge on any atom is -0.463 e. The predicted molar refractivity (Wildman–Crippen MR) is 27.4 cm³/mol. The Morgan fingerprint density at radius 2 is 2.38 bits per heavy atom. The molecular weight excluding hydrogens is 110 g/mol. The third-order valence-corrected chi connectivity index (χ3v) is 0.592. The molecule has 0 atom stereocenters. The molecule has 0 saturated carbocycles. The van der Waals surface area contributed by atoms with Crippen LogP contribution in [0.3, 0.4) is 0 Å². The van der Waals surface area contributed by atoms with Crippen molar-refractivity contribution in [2.75, 3.05) is 13.7 Å². The molecule has 0 saturated heterocycles. The molecule has 0 unspecified atom stereocenters. The van der Waals surface area contributed by atoms with Crippen LogP contribution < -0.4 is 0 Å². The zero-order valence-corrected chi connectivity index (χ0v) is 4.92. The standard InChI is InChI=1S/C4H9NO3/c1-3-8-5(2)4(6)7/h3H2,1-2H3,(H,6,7). The van der Waals surface area contributed by atoms with E-state index in [1.165, 1.54) is 7.05 Å². The second-order valence-electron chi connectivity index (χ2n) is 1.20. The van der Waals surface area contributed by atoms with Crippen LogP contribution in [-0.2, 0) is 4.84 Å². The van der Waals surface area contributed by atoms with Crippen molar-refractivity contribution < 1.29 is 14.7 Å². The molecule has 4 heteroatoms. The Morgan fingerprint density at radius 1 is 1.88 bits per heavy atom. The third-order valence-electron chi connectivity index (χ3n) is 0.592. The second-order valence-corrected chi connectivity index (χ2v) is 1.20. The molecular formula is C4H9NO3. The molecule has 1 N–H and O–H groups in total. The quantitative estimate of drug-likeness (QED) is 0.540. The molecule has 0 aliphatic rings. The first-order chi connectivity index (χ1) is 3.68. The van der Waals surface area contributed by atoms with Crippen molar-refractivity contribution in [3.05, 3.63) is 0 Å². The summed E-state index contributed by atoms with van der Waals surface area (Å²) in [5.74, 6) is 0. The Hall–Kier alpha value is -0.770. The number of nitrogens with zero attached hydrogens (tertiary/aromatic N) is 1. The number of hydrogen-bond acceptors (Lipinski definition) is 2. The van der Waals surface area contributed by atoms with E-state index in [4.69, 9.17) is 5.11 Å². The zero-order chi connectivity index (χ0) is 6.57. The molecule has 0 aliphatic carbocycles. The highest BCUT2D eigenvalue weighted by molar-refractivity contribution is 5.62. The van der Waals surface area contributed by atoms with Crippen LogP contribution in [0.2, 0.25) is 0 Å². The van der Waals surface area contributed by atoms with Crippen molar-refractivity contribution in [3.8, 4) is 0 Å². The maximum atomic E-state index is 9.89. The third kappa shape index (κ3) is 2.41. The summed E-state index contributed by atoms with van der Waals surface area (Å²) in [7, 11) is 1.34. The summed E-state index contributed by atoms with van der Waals surface area (Å²) in [6.07, 6.45) is -1.08. The fourth-order valence-electron chi connectivity index (χ4n) is 0.249. The van der Waals surface area contributed by atoms with E-state index in [0.29, 0.717) is 6.61 Å². The van der Waals surface area contributed by atoms with Gasteiger partial charge in [0.05, 0.1) is 6.61 Å². The Labute approximate surface area is 47.6 Å². The van der Waals surface area contributed by atoms with Gasteiger partial charge < -0.3 is 5.11 Å². The summed E-state index contributed by atoms with van der Waals surface area (Å²) in [5.41, 5.74) is 0. The van der Waals surface area contributed by atoms with E-state index in [1.807, 2.05) is 0 Å². The molecule has 4 nitrogen and oxygen atoms in total. The highest BCUT2D eigenvalue weighted by Crippen LogP contribution is 1.82. The van der Waals surface area contributed by atoms with Crippen LogP contribution in [0.5, 0.6) is 0 Å². The Balaban J connectivity index is 3.32. The lowest BCUT2D eigenvalue weighted by molar-refractivity contribution is -0.107. The maximum absolute atomic E-state index is 9.89. The van der Waals surface area contributed by atoms with Gasteiger partial charge in [0.25, 0.3) is 0 Å². The summed E-state index contributed by atoms with van der Waals surface area (Å²) in [4.78, 5) is 14.4. The lowest BCUT2D eigenvalue weighted by Gasteiger charge is -2.09. The Kier molecular flexibility index (Phi) is 2.95. The SMILES string of the molecule is CCON(C)C(=O)O. The smallest absolute Gasteiger partial charge is 0.431 e. The minimum atomic E-state index is -1.08. The molecule has 0 aromatic carbocycles. The molecule has 0 aromatic rings. The van der Waals surface area contributed by atoms with E-state index in [-0.39, 0.29) is 0 Å². The molecule has 0 bridgehead atoms. The highest BCUT2D eigenvalue weighted by atomic mass is 16.7. The van der Waals surface area contributed by atoms with Gasteiger partial charge in [-0.3, -0.25) is 4.84 Å². The number of carboxylic acid groups (broad SMARTS) is 1. The molecule has 0 aromatic heterocycles. The molecule has 0 rings (SSSR count). The van der Waals surface area contributed by atoms with Crippen LogP contribution in [0, 0.1) is 0 Å². The van der Waals surface area contributed by atoms with Gasteiger partial charge in [0, 0.05) is 7.05 Å². The summed E-state index contributed by atoms with van der Waals surface area (Å²) >= 11 is 0. The lowest BCUT2D eigenvalue weighted by Crippen LogP contribution is -2.24. The van der Waals surface area contributed by atoms with Gasteiger partial charge >= 0.3 is 6.09 Å². The van der Waals surface area contributed by atoms with Crippen LogP contribution in [0.25, 0.3) is 0 Å². The second kappa shape index (κ2) is 3.26. The average molecular weight is 119 g/mol. The van der Waals surface area contributed by atoms with Gasteiger partial charge in [0.15, 0.2) is 0 Å². The van der Waals surface area contributed by atoms with Gasteiger partial charge in [-0.25, -0.2) is 4.79 Å². The van der Waals surface area contributed by atoms with E-state index in [0.717, 1.165) is 5.06 Å². The fraction of sp³-hybridized carbons (Fsp3) is 0.750. The normalized spacial score (nSPS) is 8.75. The number of carbonyl (C=O) groups is 1. The van der Waals surface area contributed by atoms with Crippen molar-refractivity contribution in [2.45, 2.75) is 6.92 Å². The molecule has 0 spiro atoms. The predicted octanol–water partition coefficient (Wildman–Crippen LogP) is 0.548. The van der Waals surface area contributed by atoms with Crippen molar-refractivity contribution in [3.63, 3.8) is 0 Å². The Morgan fingerprint density at radius 3 is 2.50 bits per heavy atom. The molecule has 0 radical (unpaired) electrons. The average Bonchev–Trinajstić information content (AvgIpc) is 1.67. The highest BCUT2D eigenvalue weighted by Gasteiger charge is 2.01. The largest absolute Gasteiger partial charge is 0.463 e. The minimum absolute atomic E-state index is 0.378. The van der Waals surface area contributed by atoms with Crippen LogP contribution in [0.15, 0.2) is 0 Å². The number of hydroxylamine groups is 2. The Bertz CT molecular complexity index is 83.4. The van der Waals surface area contributed by atoms with Crippen LogP contribution in [0.4, 0.5) is 4.79 Å². The molecule has 0 heterocycles. The van der Waals surface area contributed by atoms with Crippen molar-refractivity contribution in [2.24, 2.45) is 0 Å². The zero-order valence-electron chi connectivity index (χ0n) is 4.92. The first kappa shape index (κ1) is 7.23. The van der Waals surface area contributed by atoms with Gasteiger partial charge in [-0.05, 0) is 6.92 Å². The first-order valence-corrected chi connectivity index (χ1v) is 2.28. The van der Waals surface area contributed by atoms with Crippen molar-refractivity contribution >= 4 is 6.09 Å². The van der Waals surface area contributed by atoms with Crippen molar-refractivity contribution in [1.29, 1.82) is 0 Å². The van der Waals surface area contributed by atoms with Gasteiger partial charge in [-0.15, -0.1) is 0 Å². The molecule has 8 heavy (non-hydrogen) atoms. The summed E-state index contributed by atoms with van der Waals surface area (Å²) in [6.45, 7) is 2.10. The lowest BCUT2D eigenvalue weighted by atomic mass is 10.9. The van der Waals surface area contributed by atoms with E-state index in [9.17, 15) is 4.79 Å². The van der Waals surface area contributed by atoms with Gasteiger partial charge in [0.2, 0.25) is 0 Å². The van der Waals surface area contributed by atoms with Crippen LogP contribution in [-0.4, -0.2) is 29.9 Å².